The molecule has 4 aromatic heterocycles. The molecule has 0 aliphatic heterocycles. The maximum Gasteiger partial charge on any atom is 0.295 e. The van der Waals surface area contributed by atoms with Crippen LogP contribution in [0.4, 0.5) is 5.82 Å². The van der Waals surface area contributed by atoms with Crippen LogP contribution in [0.25, 0.3) is 22.6 Å². The van der Waals surface area contributed by atoms with Gasteiger partial charge in [-0.1, -0.05) is 6.92 Å². The molecule has 1 saturated carbocycles. The summed E-state index contributed by atoms with van der Waals surface area (Å²) < 4.78 is 25.0. The van der Waals surface area contributed by atoms with Crippen LogP contribution in [0.3, 0.4) is 0 Å². The molecule has 2 N–H and O–H groups in total. The molecule has 0 saturated heterocycles. The summed E-state index contributed by atoms with van der Waals surface area (Å²) in [6.07, 6.45) is 6.65. The van der Waals surface area contributed by atoms with Gasteiger partial charge in [0.2, 0.25) is 0 Å². The molecular weight excluding hydrogens is 520 g/mol. The number of aliphatic hydroxyl groups is 1. The monoisotopic (exact) mass is 550 g/mol. The fourth-order valence-corrected chi connectivity index (χ4v) is 4.97. The van der Waals surface area contributed by atoms with E-state index in [2.05, 4.69) is 30.2 Å². The second-order valence-electron chi connectivity index (χ2n) is 9.82. The lowest BCUT2D eigenvalue weighted by Crippen LogP contribution is -2.29. The standard InChI is InChI=1S/C26H30N8O4S/c1-5-14(2)34-25-22(32-24(26(34)36)28-10-17-8-9-18(11-27-17)39(4,37)38)19(12-35)31-23(33-25)20-15(3)29-13-30-21(20)16-6-7-16/h8-9,11,13-14,16,35H,5-7,10,12H2,1-4H3,(H,28,32)/t14-/m1/s1. The first-order valence-electron chi connectivity index (χ1n) is 12.8. The molecule has 1 aliphatic rings. The molecule has 1 aliphatic carbocycles. The van der Waals surface area contributed by atoms with Crippen LogP contribution in [0, 0.1) is 6.92 Å². The van der Waals surface area contributed by atoms with Crippen LogP contribution in [0.5, 0.6) is 0 Å². The van der Waals surface area contributed by atoms with Crippen molar-refractivity contribution in [2.24, 2.45) is 0 Å². The van der Waals surface area contributed by atoms with E-state index in [0.717, 1.165) is 36.0 Å². The van der Waals surface area contributed by atoms with Gasteiger partial charge in [-0.15, -0.1) is 0 Å². The topological polar surface area (TPSA) is 166 Å². The van der Waals surface area contributed by atoms with E-state index in [-0.39, 0.29) is 34.6 Å². The van der Waals surface area contributed by atoms with Gasteiger partial charge in [-0.05, 0) is 45.2 Å². The number of aliphatic hydroxyl groups excluding tert-OH is 1. The number of pyridine rings is 1. The number of nitrogens with one attached hydrogen (secondary N) is 1. The predicted molar refractivity (Wildman–Crippen MR) is 145 cm³/mol. The zero-order valence-corrected chi connectivity index (χ0v) is 23.0. The minimum Gasteiger partial charge on any atom is -0.390 e. The van der Waals surface area contributed by atoms with E-state index >= 15 is 0 Å². The number of rotatable bonds is 9. The SMILES string of the molecule is CC[C@@H](C)n1c(=O)c(NCc2ccc(S(C)(=O)=O)cn2)nc2c(CO)nc(-c3c(C)ncnc3C3CC3)nc21. The van der Waals surface area contributed by atoms with Gasteiger partial charge in [0.05, 0.1) is 46.4 Å². The molecular formula is C26H30N8O4S. The summed E-state index contributed by atoms with van der Waals surface area (Å²) in [6.45, 7) is 5.49. The number of hydrogen-bond acceptors (Lipinski definition) is 11. The maximum absolute atomic E-state index is 13.7. The third-order valence-corrected chi connectivity index (χ3v) is 8.01. The van der Waals surface area contributed by atoms with Crippen LogP contribution >= 0.6 is 0 Å². The zero-order valence-electron chi connectivity index (χ0n) is 22.2. The second kappa shape index (κ2) is 10.4. The van der Waals surface area contributed by atoms with Gasteiger partial charge in [-0.25, -0.2) is 33.3 Å². The molecule has 0 spiro atoms. The smallest absolute Gasteiger partial charge is 0.295 e. The average molecular weight is 551 g/mol. The van der Waals surface area contributed by atoms with Gasteiger partial charge >= 0.3 is 0 Å². The van der Waals surface area contributed by atoms with E-state index in [1.165, 1.54) is 12.3 Å². The summed E-state index contributed by atoms with van der Waals surface area (Å²) in [6, 6.07) is 2.82. The fourth-order valence-electron chi connectivity index (χ4n) is 4.41. The van der Waals surface area contributed by atoms with Crippen LogP contribution < -0.4 is 10.9 Å². The Balaban J connectivity index is 1.62. The molecule has 1 fully saturated rings. The molecule has 0 amide bonds. The van der Waals surface area contributed by atoms with E-state index in [1.807, 2.05) is 20.8 Å². The number of aromatic nitrogens is 7. The highest BCUT2D eigenvalue weighted by Crippen LogP contribution is 2.43. The van der Waals surface area contributed by atoms with Crippen molar-refractivity contribution in [2.75, 3.05) is 11.6 Å². The summed E-state index contributed by atoms with van der Waals surface area (Å²) in [5.41, 5.74) is 3.42. The van der Waals surface area contributed by atoms with Crippen molar-refractivity contribution in [1.29, 1.82) is 0 Å². The molecule has 0 aromatic carbocycles. The fraction of sp³-hybridized carbons (Fsp3) is 0.423. The van der Waals surface area contributed by atoms with Gasteiger partial charge in [-0.3, -0.25) is 14.3 Å². The number of sulfone groups is 1. The van der Waals surface area contributed by atoms with E-state index in [0.29, 0.717) is 35.0 Å². The van der Waals surface area contributed by atoms with Crippen LogP contribution in [0.1, 0.15) is 67.8 Å². The molecule has 4 heterocycles. The number of fused-ring (bicyclic) bond motifs is 1. The molecule has 0 unspecified atom stereocenters. The van der Waals surface area contributed by atoms with Crippen molar-refractivity contribution in [2.45, 2.75) is 70.0 Å². The molecule has 0 radical (unpaired) electrons. The van der Waals surface area contributed by atoms with E-state index in [4.69, 9.17) is 4.98 Å². The van der Waals surface area contributed by atoms with Gasteiger partial charge in [-0.2, -0.15) is 0 Å². The second-order valence-corrected chi connectivity index (χ2v) is 11.8. The average Bonchev–Trinajstić information content (AvgIpc) is 3.76. The Morgan fingerprint density at radius 1 is 1.15 bits per heavy atom. The van der Waals surface area contributed by atoms with Crippen LogP contribution in [-0.2, 0) is 23.0 Å². The molecule has 4 aromatic rings. The summed E-state index contributed by atoms with van der Waals surface area (Å²) in [7, 11) is -3.37. The Morgan fingerprint density at radius 2 is 1.92 bits per heavy atom. The van der Waals surface area contributed by atoms with Crippen molar-refractivity contribution < 1.29 is 13.5 Å². The van der Waals surface area contributed by atoms with Gasteiger partial charge in [0.25, 0.3) is 5.56 Å². The normalized spacial score (nSPS) is 14.5. The minimum absolute atomic E-state index is 0.0562. The summed E-state index contributed by atoms with van der Waals surface area (Å²) in [5, 5.41) is 13.3. The van der Waals surface area contributed by atoms with Gasteiger partial charge in [0, 0.05) is 24.4 Å². The molecule has 39 heavy (non-hydrogen) atoms. The maximum atomic E-state index is 13.7. The Morgan fingerprint density at radius 3 is 2.54 bits per heavy atom. The molecule has 12 nitrogen and oxygen atoms in total. The Hall–Kier alpha value is -3.84. The minimum atomic E-state index is -3.37. The number of hydrogen-bond donors (Lipinski definition) is 2. The number of aryl methyl sites for hydroxylation is 1. The number of nitrogens with zero attached hydrogens (tertiary/aromatic N) is 7. The van der Waals surface area contributed by atoms with Gasteiger partial charge in [0.15, 0.2) is 27.1 Å². The third-order valence-electron chi connectivity index (χ3n) is 6.91. The largest absolute Gasteiger partial charge is 0.390 e. The lowest BCUT2D eigenvalue weighted by molar-refractivity contribution is 0.278. The zero-order chi connectivity index (χ0) is 27.9. The summed E-state index contributed by atoms with van der Waals surface area (Å²) in [4.78, 5) is 40.8. The first-order valence-corrected chi connectivity index (χ1v) is 14.7. The van der Waals surface area contributed by atoms with Crippen molar-refractivity contribution in [3.63, 3.8) is 0 Å². The van der Waals surface area contributed by atoms with Crippen molar-refractivity contribution in [3.8, 4) is 11.4 Å². The molecule has 13 heteroatoms. The van der Waals surface area contributed by atoms with E-state index < -0.39 is 16.4 Å². The predicted octanol–water partition coefficient (Wildman–Crippen LogP) is 2.70. The van der Waals surface area contributed by atoms with Gasteiger partial charge < -0.3 is 10.4 Å². The van der Waals surface area contributed by atoms with Crippen molar-refractivity contribution in [3.05, 3.63) is 57.8 Å². The van der Waals surface area contributed by atoms with E-state index in [1.54, 1.807) is 17.0 Å². The van der Waals surface area contributed by atoms with E-state index in [9.17, 15) is 18.3 Å². The first-order chi connectivity index (χ1) is 18.6. The molecule has 0 bridgehead atoms. The lowest BCUT2D eigenvalue weighted by Gasteiger charge is -2.19. The number of anilines is 1. The van der Waals surface area contributed by atoms with Gasteiger partial charge in [0.1, 0.15) is 11.8 Å². The quantitative estimate of drug-likeness (QED) is 0.314. The Bertz CT molecular complexity index is 1720. The van der Waals surface area contributed by atoms with Crippen molar-refractivity contribution >= 4 is 26.8 Å². The molecule has 1 atom stereocenters. The molecule has 5 rings (SSSR count). The lowest BCUT2D eigenvalue weighted by atomic mass is 10.1. The molecule has 204 valence electrons. The summed E-state index contributed by atoms with van der Waals surface area (Å²) >= 11 is 0. The highest BCUT2D eigenvalue weighted by Gasteiger charge is 2.31. The highest BCUT2D eigenvalue weighted by molar-refractivity contribution is 7.90. The first kappa shape index (κ1) is 26.8. The third kappa shape index (κ3) is 5.23. The Labute approximate surface area is 225 Å². The van der Waals surface area contributed by atoms with Crippen LogP contribution in [0.2, 0.25) is 0 Å². The van der Waals surface area contributed by atoms with Crippen molar-refractivity contribution in [1.82, 2.24) is 34.5 Å². The van der Waals surface area contributed by atoms with Crippen LogP contribution in [-0.4, -0.2) is 54.3 Å². The Kier molecular flexibility index (Phi) is 7.12. The van der Waals surface area contributed by atoms with Crippen LogP contribution in [0.15, 0.2) is 34.3 Å². The summed E-state index contributed by atoms with van der Waals surface area (Å²) in [5.74, 6) is 0.738. The highest BCUT2D eigenvalue weighted by atomic mass is 32.2.